The smallest absolute Gasteiger partial charge is 0.446 e. The van der Waals surface area contributed by atoms with E-state index in [0.29, 0.717) is 6.42 Å². The highest BCUT2D eigenvalue weighted by atomic mass is 19.4. The summed E-state index contributed by atoms with van der Waals surface area (Å²) < 4.78 is 78.1. The number of carbonyl (C=O) groups excluding carboxylic acids is 1. The number of rotatable bonds is 2. The second-order valence-corrected chi connectivity index (χ2v) is 6.49. The van der Waals surface area contributed by atoms with Crippen LogP contribution in [0, 0.1) is 11.8 Å². The molecule has 1 saturated heterocycles. The molecule has 23 heavy (non-hydrogen) atoms. The van der Waals surface area contributed by atoms with Gasteiger partial charge in [-0.25, -0.2) is 4.79 Å². The molecule has 0 aromatic rings. The van der Waals surface area contributed by atoms with Crippen molar-refractivity contribution in [3.8, 4) is 0 Å². The Bertz CT molecular complexity index is 574. The molecule has 2 bridgehead atoms. The second-order valence-electron chi connectivity index (χ2n) is 6.49. The van der Waals surface area contributed by atoms with E-state index >= 15 is 0 Å². The third-order valence-corrected chi connectivity index (χ3v) is 5.14. The lowest BCUT2D eigenvalue weighted by atomic mass is 9.76. The number of hydrogen-bond donors (Lipinski definition) is 1. The van der Waals surface area contributed by atoms with E-state index in [1.807, 2.05) is 0 Å². The molecule has 4 nitrogen and oxygen atoms in total. The van der Waals surface area contributed by atoms with E-state index in [9.17, 15) is 31.9 Å². The fourth-order valence-electron chi connectivity index (χ4n) is 4.10. The molecule has 0 aromatic carbocycles. The van der Waals surface area contributed by atoms with Crippen molar-refractivity contribution in [2.75, 3.05) is 0 Å². The van der Waals surface area contributed by atoms with Crippen molar-refractivity contribution in [2.45, 2.75) is 55.8 Å². The SMILES string of the molecule is C=C(C)C(=O)OC12C3CCC(C3)C1OC(O)(C(F)(F)F)C2(F)F. The van der Waals surface area contributed by atoms with Crippen LogP contribution < -0.4 is 0 Å². The summed E-state index contributed by atoms with van der Waals surface area (Å²) in [6, 6.07) is 0. The van der Waals surface area contributed by atoms with E-state index in [-0.39, 0.29) is 18.4 Å². The van der Waals surface area contributed by atoms with Gasteiger partial charge in [0.2, 0.25) is 5.60 Å². The Labute approximate surface area is 128 Å². The quantitative estimate of drug-likeness (QED) is 0.476. The van der Waals surface area contributed by atoms with Crippen molar-refractivity contribution < 1.29 is 41.3 Å². The number of esters is 1. The van der Waals surface area contributed by atoms with Crippen molar-refractivity contribution in [1.82, 2.24) is 0 Å². The Morgan fingerprint density at radius 3 is 2.48 bits per heavy atom. The molecule has 0 spiro atoms. The first-order valence-electron chi connectivity index (χ1n) is 7.12. The standard InChI is InChI=1S/C14H15F5O4/c1-6(2)10(20)23-11-8-4-3-7(5-8)9(11)22-13(21,12(11,15)16)14(17,18)19/h7-9,21H,1,3-5H2,2H3. The van der Waals surface area contributed by atoms with E-state index in [2.05, 4.69) is 11.3 Å². The Morgan fingerprint density at radius 2 is 1.96 bits per heavy atom. The zero-order valence-corrected chi connectivity index (χ0v) is 12.1. The van der Waals surface area contributed by atoms with Gasteiger partial charge in [-0.05, 0) is 32.1 Å². The maximum atomic E-state index is 14.8. The summed E-state index contributed by atoms with van der Waals surface area (Å²) in [5, 5.41) is 9.63. The second kappa shape index (κ2) is 4.44. The molecule has 3 aliphatic rings. The van der Waals surface area contributed by atoms with Crippen molar-refractivity contribution in [1.29, 1.82) is 0 Å². The van der Waals surface area contributed by atoms with Crippen molar-refractivity contribution in [3.05, 3.63) is 12.2 Å². The molecule has 130 valence electrons. The summed E-state index contributed by atoms with van der Waals surface area (Å²) in [5.41, 5.74) is -3.05. The zero-order valence-electron chi connectivity index (χ0n) is 12.1. The maximum absolute atomic E-state index is 14.8. The molecule has 0 radical (unpaired) electrons. The minimum Gasteiger partial charge on any atom is -0.446 e. The lowest BCUT2D eigenvalue weighted by Crippen LogP contribution is -2.66. The average Bonchev–Trinajstić information content (AvgIpc) is 3.02. The summed E-state index contributed by atoms with van der Waals surface area (Å²) in [7, 11) is 0. The molecule has 0 aromatic heterocycles. The number of aliphatic hydroxyl groups is 1. The van der Waals surface area contributed by atoms with Gasteiger partial charge in [-0.1, -0.05) is 6.58 Å². The van der Waals surface area contributed by atoms with Crippen LogP contribution in [-0.4, -0.2) is 40.7 Å². The van der Waals surface area contributed by atoms with E-state index in [0.717, 1.165) is 0 Å². The number of halogens is 5. The highest BCUT2D eigenvalue weighted by molar-refractivity contribution is 5.87. The maximum Gasteiger partial charge on any atom is 0.449 e. The lowest BCUT2D eigenvalue weighted by molar-refractivity contribution is -0.415. The topological polar surface area (TPSA) is 55.8 Å². The minimum absolute atomic E-state index is 0.164. The Hall–Kier alpha value is -1.22. The first-order valence-corrected chi connectivity index (χ1v) is 7.12. The van der Waals surface area contributed by atoms with Gasteiger partial charge in [0.25, 0.3) is 0 Å². The van der Waals surface area contributed by atoms with Gasteiger partial charge in [-0.3, -0.25) is 0 Å². The van der Waals surface area contributed by atoms with Crippen molar-refractivity contribution in [2.24, 2.45) is 11.8 Å². The summed E-state index contributed by atoms with van der Waals surface area (Å²) in [6.45, 7) is 4.46. The van der Waals surface area contributed by atoms with Crippen molar-refractivity contribution in [3.63, 3.8) is 0 Å². The first-order chi connectivity index (χ1) is 10.4. The van der Waals surface area contributed by atoms with Gasteiger partial charge >= 0.3 is 23.9 Å². The van der Waals surface area contributed by atoms with E-state index < -0.39 is 47.4 Å². The van der Waals surface area contributed by atoms with E-state index in [1.165, 1.54) is 6.92 Å². The monoisotopic (exact) mass is 342 g/mol. The van der Waals surface area contributed by atoms with E-state index in [4.69, 9.17) is 4.74 Å². The average molecular weight is 342 g/mol. The lowest BCUT2D eigenvalue weighted by Gasteiger charge is -2.41. The molecule has 2 aliphatic carbocycles. The van der Waals surface area contributed by atoms with Crippen LogP contribution in [0.2, 0.25) is 0 Å². The number of carbonyl (C=O) groups is 1. The van der Waals surface area contributed by atoms with Gasteiger partial charge in [0.1, 0.15) is 6.10 Å². The molecule has 1 heterocycles. The molecule has 1 N–H and O–H groups in total. The Kier molecular flexibility index (Phi) is 3.21. The molecule has 5 unspecified atom stereocenters. The number of hydrogen-bond acceptors (Lipinski definition) is 4. The highest BCUT2D eigenvalue weighted by Gasteiger charge is 2.91. The third kappa shape index (κ3) is 1.75. The largest absolute Gasteiger partial charge is 0.449 e. The Morgan fingerprint density at radius 1 is 1.35 bits per heavy atom. The van der Waals surface area contributed by atoms with Crippen LogP contribution in [0.5, 0.6) is 0 Å². The van der Waals surface area contributed by atoms with Crippen LogP contribution in [0.3, 0.4) is 0 Å². The van der Waals surface area contributed by atoms with Crippen LogP contribution in [-0.2, 0) is 14.3 Å². The predicted molar refractivity (Wildman–Crippen MR) is 65.3 cm³/mol. The summed E-state index contributed by atoms with van der Waals surface area (Å²) in [4.78, 5) is 11.8. The van der Waals surface area contributed by atoms with Crippen LogP contribution in [0.15, 0.2) is 12.2 Å². The summed E-state index contributed by atoms with van der Waals surface area (Å²) >= 11 is 0. The molecule has 3 fully saturated rings. The highest BCUT2D eigenvalue weighted by Crippen LogP contribution is 2.68. The van der Waals surface area contributed by atoms with Crippen LogP contribution in [0.1, 0.15) is 26.2 Å². The van der Waals surface area contributed by atoms with Crippen LogP contribution in [0.25, 0.3) is 0 Å². The first kappa shape index (κ1) is 16.6. The van der Waals surface area contributed by atoms with Gasteiger partial charge in [0.15, 0.2) is 0 Å². The number of fused-ring (bicyclic) bond motifs is 5. The molecule has 5 atom stereocenters. The van der Waals surface area contributed by atoms with Crippen LogP contribution in [0.4, 0.5) is 22.0 Å². The van der Waals surface area contributed by atoms with Crippen molar-refractivity contribution >= 4 is 5.97 Å². The normalized spacial score (nSPS) is 44.2. The molecule has 1 aliphatic heterocycles. The summed E-state index contributed by atoms with van der Waals surface area (Å²) in [6.07, 6.45) is -6.71. The predicted octanol–water partition coefficient (Wildman–Crippen LogP) is 2.56. The zero-order chi connectivity index (χ0) is 17.4. The van der Waals surface area contributed by atoms with Gasteiger partial charge in [0.05, 0.1) is 0 Å². The van der Waals surface area contributed by atoms with Gasteiger partial charge in [-0.2, -0.15) is 22.0 Å². The van der Waals surface area contributed by atoms with Crippen LogP contribution >= 0.6 is 0 Å². The van der Waals surface area contributed by atoms with E-state index in [1.54, 1.807) is 0 Å². The van der Waals surface area contributed by atoms with Gasteiger partial charge < -0.3 is 14.6 Å². The molecule has 3 rings (SSSR count). The molecule has 0 amide bonds. The molecule has 9 heteroatoms. The number of ether oxygens (including phenoxy) is 2. The summed E-state index contributed by atoms with van der Waals surface area (Å²) in [5.74, 6) is -12.4. The fraction of sp³-hybridized carbons (Fsp3) is 0.786. The molecular weight excluding hydrogens is 327 g/mol. The third-order valence-electron chi connectivity index (χ3n) is 5.14. The molecule has 2 saturated carbocycles. The minimum atomic E-state index is -5.73. The number of alkyl halides is 5. The van der Waals surface area contributed by atoms with Gasteiger partial charge in [-0.15, -0.1) is 0 Å². The van der Waals surface area contributed by atoms with Gasteiger partial charge in [0, 0.05) is 11.5 Å². The molecular formula is C14H15F5O4. The fourth-order valence-corrected chi connectivity index (χ4v) is 4.10. The Balaban J connectivity index is 2.12.